The quantitative estimate of drug-likeness (QED) is 0.624. The van der Waals surface area contributed by atoms with Gasteiger partial charge < -0.3 is 15.5 Å². The van der Waals surface area contributed by atoms with E-state index < -0.39 is 0 Å². The summed E-state index contributed by atoms with van der Waals surface area (Å²) in [4.78, 5) is 0. The molecule has 1 saturated heterocycles. The number of nitrogens with one attached hydrogen (secondary N) is 1. The number of hydrogen-bond acceptors (Lipinski definition) is 3. The fraction of sp³-hybridized carbons (Fsp3) is 0.400. The molecule has 14 heavy (non-hydrogen) atoms. The van der Waals surface area contributed by atoms with Crippen LogP contribution >= 0.6 is 11.6 Å². The smallest absolute Gasteiger partial charge is 0.176 e. The van der Waals surface area contributed by atoms with Crippen molar-refractivity contribution >= 4 is 11.6 Å². The topological polar surface area (TPSA) is 52.5 Å². The van der Waals surface area contributed by atoms with Crippen LogP contribution in [0, 0.1) is 0 Å². The SMILES string of the molecule is Oc1c(Cl)ccc(C2CCNC2)c1O. The summed E-state index contributed by atoms with van der Waals surface area (Å²) in [6, 6.07) is 3.39. The first-order valence-corrected chi connectivity index (χ1v) is 4.99. The zero-order valence-corrected chi connectivity index (χ0v) is 8.38. The zero-order valence-electron chi connectivity index (χ0n) is 7.63. The number of phenols is 2. The molecule has 4 heteroatoms. The summed E-state index contributed by atoms with van der Waals surface area (Å²) in [7, 11) is 0. The normalized spacial score (nSPS) is 21.4. The van der Waals surface area contributed by atoms with Crippen LogP contribution < -0.4 is 5.32 Å². The molecular formula is C10H12ClNO2. The predicted molar refractivity (Wildman–Crippen MR) is 55.0 cm³/mol. The Bertz CT molecular complexity index is 348. The highest BCUT2D eigenvalue weighted by molar-refractivity contribution is 6.32. The van der Waals surface area contributed by atoms with Gasteiger partial charge in [0, 0.05) is 18.0 Å². The molecule has 0 bridgehead atoms. The third kappa shape index (κ3) is 1.53. The molecule has 1 atom stereocenters. The van der Waals surface area contributed by atoms with E-state index in [1.165, 1.54) is 0 Å². The summed E-state index contributed by atoms with van der Waals surface area (Å²) in [6.07, 6.45) is 0.981. The van der Waals surface area contributed by atoms with Crippen molar-refractivity contribution in [2.75, 3.05) is 13.1 Å². The first-order chi connectivity index (χ1) is 6.70. The molecule has 1 aromatic carbocycles. The maximum Gasteiger partial charge on any atom is 0.176 e. The van der Waals surface area contributed by atoms with Gasteiger partial charge in [-0.15, -0.1) is 0 Å². The Morgan fingerprint density at radius 2 is 2.07 bits per heavy atom. The van der Waals surface area contributed by atoms with Crippen molar-refractivity contribution < 1.29 is 10.2 Å². The number of halogens is 1. The van der Waals surface area contributed by atoms with E-state index in [0.717, 1.165) is 25.1 Å². The lowest BCUT2D eigenvalue weighted by molar-refractivity contribution is 0.397. The van der Waals surface area contributed by atoms with E-state index in [4.69, 9.17) is 11.6 Å². The minimum Gasteiger partial charge on any atom is -0.504 e. The van der Waals surface area contributed by atoms with E-state index in [-0.39, 0.29) is 22.4 Å². The summed E-state index contributed by atoms with van der Waals surface area (Å²) in [5.41, 5.74) is 0.775. The summed E-state index contributed by atoms with van der Waals surface area (Å²) in [5.74, 6) is -0.0135. The van der Waals surface area contributed by atoms with Crippen LogP contribution in [-0.4, -0.2) is 23.3 Å². The van der Waals surface area contributed by atoms with Crippen molar-refractivity contribution in [3.8, 4) is 11.5 Å². The predicted octanol–water partition coefficient (Wildman–Crippen LogP) is 1.83. The van der Waals surface area contributed by atoms with Crippen LogP contribution in [0.15, 0.2) is 12.1 Å². The van der Waals surface area contributed by atoms with Gasteiger partial charge in [-0.1, -0.05) is 17.7 Å². The molecule has 1 aromatic rings. The Balaban J connectivity index is 2.38. The molecule has 0 aliphatic carbocycles. The van der Waals surface area contributed by atoms with E-state index in [1.54, 1.807) is 12.1 Å². The molecule has 3 nitrogen and oxygen atoms in total. The summed E-state index contributed by atoms with van der Waals surface area (Å²) in [6.45, 7) is 1.79. The van der Waals surface area contributed by atoms with Gasteiger partial charge in [0.05, 0.1) is 5.02 Å². The average Bonchev–Trinajstić information content (AvgIpc) is 2.67. The van der Waals surface area contributed by atoms with Gasteiger partial charge in [0.15, 0.2) is 11.5 Å². The van der Waals surface area contributed by atoms with Crippen molar-refractivity contribution in [1.82, 2.24) is 5.32 Å². The van der Waals surface area contributed by atoms with E-state index in [0.29, 0.717) is 0 Å². The van der Waals surface area contributed by atoms with Gasteiger partial charge in [-0.25, -0.2) is 0 Å². The molecule has 1 aliphatic heterocycles. The van der Waals surface area contributed by atoms with Crippen LogP contribution in [0.4, 0.5) is 0 Å². The standard InChI is InChI=1S/C10H12ClNO2/c11-8-2-1-7(9(13)10(8)14)6-3-4-12-5-6/h1-2,6,12-14H,3-5H2. The third-order valence-corrected chi connectivity index (χ3v) is 2.94. The molecule has 3 N–H and O–H groups in total. The molecule has 1 heterocycles. The molecule has 1 aliphatic rings. The Morgan fingerprint density at radius 1 is 1.29 bits per heavy atom. The molecule has 1 fully saturated rings. The Labute approximate surface area is 87.3 Å². The van der Waals surface area contributed by atoms with Crippen molar-refractivity contribution in [1.29, 1.82) is 0 Å². The maximum absolute atomic E-state index is 9.68. The van der Waals surface area contributed by atoms with Crippen LogP contribution in [0.5, 0.6) is 11.5 Å². The number of aromatic hydroxyl groups is 2. The van der Waals surface area contributed by atoms with Crippen molar-refractivity contribution in [2.45, 2.75) is 12.3 Å². The fourth-order valence-electron chi connectivity index (χ4n) is 1.82. The van der Waals surface area contributed by atoms with Crippen molar-refractivity contribution in [3.05, 3.63) is 22.7 Å². The first kappa shape index (κ1) is 9.62. The van der Waals surface area contributed by atoms with Gasteiger partial charge in [0.2, 0.25) is 0 Å². The molecular weight excluding hydrogens is 202 g/mol. The summed E-state index contributed by atoms with van der Waals surface area (Å²) >= 11 is 5.67. The third-order valence-electron chi connectivity index (χ3n) is 2.63. The van der Waals surface area contributed by atoms with Crippen LogP contribution in [0.3, 0.4) is 0 Å². The van der Waals surface area contributed by atoms with Crippen LogP contribution in [0.2, 0.25) is 5.02 Å². The largest absolute Gasteiger partial charge is 0.504 e. The second kappa shape index (κ2) is 3.67. The highest BCUT2D eigenvalue weighted by Crippen LogP contribution is 2.40. The highest BCUT2D eigenvalue weighted by Gasteiger charge is 2.21. The molecule has 0 radical (unpaired) electrons. The van der Waals surface area contributed by atoms with E-state index in [1.807, 2.05) is 0 Å². The van der Waals surface area contributed by atoms with Gasteiger partial charge >= 0.3 is 0 Å². The van der Waals surface area contributed by atoms with Gasteiger partial charge in [0.1, 0.15) is 0 Å². The van der Waals surface area contributed by atoms with Gasteiger partial charge in [-0.05, 0) is 19.0 Å². The fourth-order valence-corrected chi connectivity index (χ4v) is 1.97. The Kier molecular flexibility index (Phi) is 2.52. The zero-order chi connectivity index (χ0) is 10.1. The molecule has 0 aromatic heterocycles. The number of benzene rings is 1. The monoisotopic (exact) mass is 213 g/mol. The molecule has 0 amide bonds. The molecule has 0 spiro atoms. The van der Waals surface area contributed by atoms with E-state index in [2.05, 4.69) is 5.32 Å². The summed E-state index contributed by atoms with van der Waals surface area (Å²) in [5, 5.41) is 22.5. The lowest BCUT2D eigenvalue weighted by atomic mass is 9.97. The highest BCUT2D eigenvalue weighted by atomic mass is 35.5. The molecule has 2 rings (SSSR count). The Morgan fingerprint density at radius 3 is 2.71 bits per heavy atom. The lowest BCUT2D eigenvalue weighted by Crippen LogP contribution is -2.08. The van der Waals surface area contributed by atoms with E-state index in [9.17, 15) is 10.2 Å². The molecule has 76 valence electrons. The minimum atomic E-state index is -0.212. The summed E-state index contributed by atoms with van der Waals surface area (Å²) < 4.78 is 0. The Hall–Kier alpha value is -0.930. The number of hydrogen-bond donors (Lipinski definition) is 3. The molecule has 0 saturated carbocycles. The minimum absolute atomic E-state index is 0.0776. The second-order valence-corrected chi connectivity index (χ2v) is 3.93. The lowest BCUT2D eigenvalue weighted by Gasteiger charge is -2.12. The first-order valence-electron chi connectivity index (χ1n) is 4.61. The number of rotatable bonds is 1. The van der Waals surface area contributed by atoms with Gasteiger partial charge in [-0.2, -0.15) is 0 Å². The molecule has 1 unspecified atom stereocenters. The number of phenolic OH excluding ortho intramolecular Hbond substituents is 2. The second-order valence-electron chi connectivity index (χ2n) is 3.52. The van der Waals surface area contributed by atoms with Gasteiger partial charge in [-0.3, -0.25) is 0 Å². The van der Waals surface area contributed by atoms with E-state index >= 15 is 0 Å². The van der Waals surface area contributed by atoms with Crippen LogP contribution in [0.1, 0.15) is 17.9 Å². The van der Waals surface area contributed by atoms with Crippen molar-refractivity contribution in [3.63, 3.8) is 0 Å². The van der Waals surface area contributed by atoms with Gasteiger partial charge in [0.25, 0.3) is 0 Å². The van der Waals surface area contributed by atoms with Crippen molar-refractivity contribution in [2.24, 2.45) is 0 Å². The maximum atomic E-state index is 9.68. The average molecular weight is 214 g/mol. The van der Waals surface area contributed by atoms with Crippen LogP contribution in [0.25, 0.3) is 0 Å². The van der Waals surface area contributed by atoms with Crippen LogP contribution in [-0.2, 0) is 0 Å².